The molecule has 0 aliphatic carbocycles. The van der Waals surface area contributed by atoms with Crippen LogP contribution >= 0.6 is 15.9 Å². The second-order valence-electron chi connectivity index (χ2n) is 6.79. The van der Waals surface area contributed by atoms with Crippen LogP contribution in [-0.4, -0.2) is 34.0 Å². The standard InChI is InChI=1S/C22H10BrF2NO6.C2H6/c23-15-8-13-12(7-14(15)22(31)32)19(27)26(20(13)28)18-6-10(1-3-11(18)21(29)30)9-2-4-16(24)17(25)5-9;1-2/h1-8H,(H,29,30)(H,31,32);1-2H3. The van der Waals surface area contributed by atoms with Crippen LogP contribution in [0.5, 0.6) is 0 Å². The summed E-state index contributed by atoms with van der Waals surface area (Å²) >= 11 is 3.04. The van der Waals surface area contributed by atoms with Gasteiger partial charge in [-0.2, -0.15) is 0 Å². The van der Waals surface area contributed by atoms with Crippen LogP contribution in [0.25, 0.3) is 11.1 Å². The summed E-state index contributed by atoms with van der Waals surface area (Å²) in [5, 5.41) is 18.9. The number of hydrogen-bond acceptors (Lipinski definition) is 4. The second-order valence-corrected chi connectivity index (χ2v) is 7.65. The van der Waals surface area contributed by atoms with E-state index in [2.05, 4.69) is 15.9 Å². The Kier molecular flexibility index (Phi) is 6.92. The van der Waals surface area contributed by atoms with E-state index in [1.807, 2.05) is 13.8 Å². The molecule has 0 aromatic heterocycles. The van der Waals surface area contributed by atoms with Gasteiger partial charge in [-0.05, 0) is 63.5 Å². The predicted molar refractivity (Wildman–Crippen MR) is 122 cm³/mol. The summed E-state index contributed by atoms with van der Waals surface area (Å²) in [7, 11) is 0. The number of fused-ring (bicyclic) bond motifs is 1. The third kappa shape index (κ3) is 4.19. The van der Waals surface area contributed by atoms with Gasteiger partial charge in [0.15, 0.2) is 11.6 Å². The van der Waals surface area contributed by atoms with Gasteiger partial charge < -0.3 is 10.2 Å². The van der Waals surface area contributed by atoms with Crippen molar-refractivity contribution in [2.45, 2.75) is 13.8 Å². The van der Waals surface area contributed by atoms with E-state index in [1.165, 1.54) is 24.3 Å². The Labute approximate surface area is 200 Å². The third-order valence-electron chi connectivity index (χ3n) is 4.93. The van der Waals surface area contributed by atoms with Crippen molar-refractivity contribution in [1.29, 1.82) is 0 Å². The number of hydrogen-bond donors (Lipinski definition) is 2. The fourth-order valence-corrected chi connectivity index (χ4v) is 3.91. The molecule has 0 atom stereocenters. The Balaban J connectivity index is 0.00000158. The molecule has 7 nitrogen and oxygen atoms in total. The van der Waals surface area contributed by atoms with E-state index < -0.39 is 35.4 Å². The summed E-state index contributed by atoms with van der Waals surface area (Å²) in [6.07, 6.45) is 0. The maximum Gasteiger partial charge on any atom is 0.337 e. The summed E-state index contributed by atoms with van der Waals surface area (Å²) < 4.78 is 27.0. The quantitative estimate of drug-likeness (QED) is 0.422. The lowest BCUT2D eigenvalue weighted by atomic mass is 10.0. The van der Waals surface area contributed by atoms with E-state index in [9.17, 15) is 38.2 Å². The lowest BCUT2D eigenvalue weighted by Crippen LogP contribution is -2.31. The Morgan fingerprint density at radius 3 is 1.85 bits per heavy atom. The van der Waals surface area contributed by atoms with Crippen LogP contribution in [0.3, 0.4) is 0 Å². The average molecular weight is 532 g/mol. The lowest BCUT2D eigenvalue weighted by Gasteiger charge is -2.18. The van der Waals surface area contributed by atoms with Crippen LogP contribution in [0.4, 0.5) is 14.5 Å². The largest absolute Gasteiger partial charge is 0.478 e. The van der Waals surface area contributed by atoms with E-state index in [-0.39, 0.29) is 43.5 Å². The summed E-state index contributed by atoms with van der Waals surface area (Å²) in [6, 6.07) is 8.92. The number of halogens is 3. The smallest absolute Gasteiger partial charge is 0.337 e. The summed E-state index contributed by atoms with van der Waals surface area (Å²) in [5.41, 5.74) is -0.822. The van der Waals surface area contributed by atoms with E-state index >= 15 is 0 Å². The van der Waals surface area contributed by atoms with Crippen molar-refractivity contribution in [2.75, 3.05) is 4.90 Å². The van der Waals surface area contributed by atoms with Gasteiger partial charge in [0.25, 0.3) is 11.8 Å². The molecule has 2 amide bonds. The Hall–Kier alpha value is -3.92. The first-order chi connectivity index (χ1) is 16.1. The van der Waals surface area contributed by atoms with Crippen molar-refractivity contribution in [2.24, 2.45) is 0 Å². The molecule has 3 aromatic carbocycles. The van der Waals surface area contributed by atoms with Gasteiger partial charge >= 0.3 is 11.9 Å². The number of aromatic carboxylic acids is 2. The molecular weight excluding hydrogens is 516 g/mol. The SMILES string of the molecule is CC.O=C(O)c1cc2c(cc1Br)C(=O)N(c1cc(-c3ccc(F)c(F)c3)ccc1C(=O)O)C2=O. The van der Waals surface area contributed by atoms with Crippen molar-refractivity contribution in [3.8, 4) is 11.1 Å². The molecule has 1 heterocycles. The Bertz CT molecular complexity index is 1370. The number of anilines is 1. The molecule has 1 aliphatic heterocycles. The first-order valence-electron chi connectivity index (χ1n) is 9.88. The summed E-state index contributed by atoms with van der Waals surface area (Å²) in [4.78, 5) is 49.8. The van der Waals surface area contributed by atoms with Crippen LogP contribution in [-0.2, 0) is 0 Å². The zero-order valence-electron chi connectivity index (χ0n) is 17.7. The molecule has 0 unspecified atom stereocenters. The number of amides is 2. The highest BCUT2D eigenvalue weighted by molar-refractivity contribution is 9.10. The van der Waals surface area contributed by atoms with Crippen molar-refractivity contribution < 1.29 is 38.2 Å². The first-order valence-corrected chi connectivity index (χ1v) is 10.7. The van der Waals surface area contributed by atoms with E-state index in [4.69, 9.17) is 0 Å². The van der Waals surface area contributed by atoms with E-state index in [0.717, 1.165) is 24.3 Å². The zero-order valence-corrected chi connectivity index (χ0v) is 19.3. The maximum absolute atomic E-state index is 13.7. The van der Waals surface area contributed by atoms with Gasteiger partial charge in [-0.1, -0.05) is 26.0 Å². The minimum atomic E-state index is -1.43. The van der Waals surface area contributed by atoms with Gasteiger partial charge in [0.2, 0.25) is 0 Å². The molecule has 4 rings (SSSR count). The van der Waals surface area contributed by atoms with Crippen LogP contribution in [0, 0.1) is 11.6 Å². The number of carboxylic acids is 2. The fraction of sp³-hybridized carbons (Fsp3) is 0.0833. The van der Waals surface area contributed by atoms with Crippen LogP contribution in [0.2, 0.25) is 0 Å². The van der Waals surface area contributed by atoms with Crippen molar-refractivity contribution >= 4 is 45.4 Å². The maximum atomic E-state index is 13.7. The lowest BCUT2D eigenvalue weighted by molar-refractivity contribution is 0.0685. The third-order valence-corrected chi connectivity index (χ3v) is 5.58. The number of carbonyl (C=O) groups excluding carboxylic acids is 2. The van der Waals surface area contributed by atoms with E-state index in [0.29, 0.717) is 4.90 Å². The monoisotopic (exact) mass is 531 g/mol. The molecule has 3 aromatic rings. The number of nitrogens with zero attached hydrogens (tertiary/aromatic N) is 1. The van der Waals surface area contributed by atoms with Gasteiger partial charge in [-0.15, -0.1) is 0 Å². The summed E-state index contributed by atoms with van der Waals surface area (Å²) in [5.74, 6) is -6.72. The molecule has 0 spiro atoms. The molecule has 174 valence electrons. The Morgan fingerprint density at radius 2 is 1.29 bits per heavy atom. The molecule has 10 heteroatoms. The fourth-order valence-electron chi connectivity index (χ4n) is 3.40. The Morgan fingerprint density at radius 1 is 0.765 bits per heavy atom. The van der Waals surface area contributed by atoms with Crippen LogP contribution in [0.1, 0.15) is 55.3 Å². The molecular formula is C24H16BrF2NO6. The van der Waals surface area contributed by atoms with Crippen molar-refractivity contribution in [1.82, 2.24) is 0 Å². The summed E-state index contributed by atoms with van der Waals surface area (Å²) in [6.45, 7) is 4.00. The zero-order chi connectivity index (χ0) is 25.3. The van der Waals surface area contributed by atoms with Gasteiger partial charge in [-0.25, -0.2) is 23.3 Å². The van der Waals surface area contributed by atoms with Gasteiger partial charge in [0, 0.05) is 4.47 Å². The minimum absolute atomic E-state index is 0.0701. The predicted octanol–water partition coefficient (Wildman–Crippen LogP) is 5.62. The highest BCUT2D eigenvalue weighted by Gasteiger charge is 2.39. The van der Waals surface area contributed by atoms with Gasteiger partial charge in [0.1, 0.15) is 0 Å². The molecule has 1 aliphatic rings. The van der Waals surface area contributed by atoms with Crippen molar-refractivity contribution in [3.05, 3.63) is 86.9 Å². The first kappa shape index (κ1) is 24.7. The second kappa shape index (κ2) is 9.52. The van der Waals surface area contributed by atoms with Gasteiger partial charge in [-0.3, -0.25) is 9.59 Å². The molecule has 0 fully saturated rings. The minimum Gasteiger partial charge on any atom is -0.478 e. The average Bonchev–Trinajstić information content (AvgIpc) is 3.04. The number of benzene rings is 3. The molecule has 2 N–H and O–H groups in total. The molecule has 34 heavy (non-hydrogen) atoms. The number of carbonyl (C=O) groups is 4. The van der Waals surface area contributed by atoms with Crippen LogP contribution < -0.4 is 4.90 Å². The van der Waals surface area contributed by atoms with E-state index in [1.54, 1.807) is 0 Å². The van der Waals surface area contributed by atoms with Gasteiger partial charge in [0.05, 0.1) is 27.9 Å². The number of carboxylic acid groups (broad SMARTS) is 2. The molecule has 0 saturated carbocycles. The normalized spacial score (nSPS) is 12.2. The molecule has 0 saturated heterocycles. The molecule has 0 bridgehead atoms. The van der Waals surface area contributed by atoms with Crippen LogP contribution in [0.15, 0.2) is 53.0 Å². The highest BCUT2D eigenvalue weighted by atomic mass is 79.9. The van der Waals surface area contributed by atoms with Crippen molar-refractivity contribution in [3.63, 3.8) is 0 Å². The number of imide groups is 1. The highest BCUT2D eigenvalue weighted by Crippen LogP contribution is 2.36. The topological polar surface area (TPSA) is 112 Å². The number of rotatable bonds is 4. The molecule has 0 radical (unpaired) electrons.